The number of furan rings is 1. The van der Waals surface area contributed by atoms with E-state index in [-0.39, 0.29) is 0 Å². The van der Waals surface area contributed by atoms with Crippen molar-refractivity contribution in [2.45, 2.75) is 19.5 Å². The van der Waals surface area contributed by atoms with E-state index in [1.54, 1.807) is 12.5 Å². The van der Waals surface area contributed by atoms with E-state index in [0.29, 0.717) is 6.04 Å². The molecule has 0 bridgehead atoms. The fourth-order valence-electron chi connectivity index (χ4n) is 1.56. The molecule has 2 nitrogen and oxygen atoms in total. The van der Waals surface area contributed by atoms with Gasteiger partial charge in [-0.05, 0) is 30.7 Å². The lowest BCUT2D eigenvalue weighted by atomic mass is 10.1. The summed E-state index contributed by atoms with van der Waals surface area (Å²) in [6, 6.07) is 10.6. The fraction of sp³-hybridized carbons (Fsp3) is 0.231. The molecule has 0 saturated carbocycles. The molecule has 1 aromatic carbocycles. The molecule has 0 aliphatic heterocycles. The van der Waals surface area contributed by atoms with Gasteiger partial charge in [0.05, 0.1) is 12.5 Å². The number of rotatable bonds is 4. The maximum atomic E-state index is 5.02. The first kappa shape index (κ1) is 11.4. The molecule has 0 spiro atoms. The van der Waals surface area contributed by atoms with Crippen LogP contribution < -0.4 is 5.32 Å². The molecular weight excluding hydrogens is 266 g/mol. The third-order valence-electron chi connectivity index (χ3n) is 2.54. The van der Waals surface area contributed by atoms with Crippen molar-refractivity contribution in [1.82, 2.24) is 5.32 Å². The molecule has 0 saturated heterocycles. The lowest BCUT2D eigenvalue weighted by molar-refractivity contribution is 0.546. The monoisotopic (exact) mass is 279 g/mol. The summed E-state index contributed by atoms with van der Waals surface area (Å²) in [7, 11) is 0. The quantitative estimate of drug-likeness (QED) is 0.919. The van der Waals surface area contributed by atoms with Gasteiger partial charge >= 0.3 is 0 Å². The number of hydrogen-bond donors (Lipinski definition) is 1. The summed E-state index contributed by atoms with van der Waals surface area (Å²) in [5, 5.41) is 3.45. The van der Waals surface area contributed by atoms with Gasteiger partial charge in [0.1, 0.15) is 0 Å². The van der Waals surface area contributed by atoms with Crippen LogP contribution in [0.25, 0.3) is 0 Å². The third-order valence-corrected chi connectivity index (χ3v) is 3.03. The highest BCUT2D eigenvalue weighted by molar-refractivity contribution is 9.10. The topological polar surface area (TPSA) is 25.2 Å². The maximum Gasteiger partial charge on any atom is 0.0947 e. The van der Waals surface area contributed by atoms with Gasteiger partial charge in [0.2, 0.25) is 0 Å². The zero-order chi connectivity index (χ0) is 11.4. The minimum absolute atomic E-state index is 0.326. The minimum Gasteiger partial charge on any atom is -0.472 e. The SMILES string of the molecule is C[C@H](NCc1ccoc1)c1cccc(Br)c1. The molecule has 1 N–H and O–H groups in total. The highest BCUT2D eigenvalue weighted by Crippen LogP contribution is 2.18. The maximum absolute atomic E-state index is 5.02. The molecule has 2 rings (SSSR count). The van der Waals surface area contributed by atoms with E-state index < -0.39 is 0 Å². The van der Waals surface area contributed by atoms with Crippen molar-refractivity contribution in [3.63, 3.8) is 0 Å². The van der Waals surface area contributed by atoms with Crippen LogP contribution in [0.1, 0.15) is 24.1 Å². The molecule has 2 aromatic rings. The van der Waals surface area contributed by atoms with E-state index in [0.717, 1.165) is 11.0 Å². The van der Waals surface area contributed by atoms with Crippen molar-refractivity contribution >= 4 is 15.9 Å². The molecule has 3 heteroatoms. The zero-order valence-corrected chi connectivity index (χ0v) is 10.7. The summed E-state index contributed by atoms with van der Waals surface area (Å²) in [4.78, 5) is 0. The largest absolute Gasteiger partial charge is 0.472 e. The smallest absolute Gasteiger partial charge is 0.0947 e. The Bertz CT molecular complexity index is 439. The van der Waals surface area contributed by atoms with Crippen LogP contribution in [0.2, 0.25) is 0 Å². The van der Waals surface area contributed by atoms with Gasteiger partial charge in [0.25, 0.3) is 0 Å². The highest BCUT2D eigenvalue weighted by atomic mass is 79.9. The van der Waals surface area contributed by atoms with Crippen LogP contribution in [-0.4, -0.2) is 0 Å². The summed E-state index contributed by atoms with van der Waals surface area (Å²) in [5.74, 6) is 0. The first-order valence-electron chi connectivity index (χ1n) is 5.25. The Morgan fingerprint density at radius 3 is 2.94 bits per heavy atom. The normalized spacial score (nSPS) is 12.6. The predicted octanol–water partition coefficient (Wildman–Crippen LogP) is 3.89. The molecule has 84 valence electrons. The van der Waals surface area contributed by atoms with E-state index in [9.17, 15) is 0 Å². The predicted molar refractivity (Wildman–Crippen MR) is 68.1 cm³/mol. The van der Waals surface area contributed by atoms with E-state index in [1.807, 2.05) is 12.1 Å². The Morgan fingerprint density at radius 1 is 1.38 bits per heavy atom. The molecule has 1 atom stereocenters. The lowest BCUT2D eigenvalue weighted by Gasteiger charge is -2.13. The second-order valence-corrected chi connectivity index (χ2v) is 4.70. The fourth-order valence-corrected chi connectivity index (χ4v) is 1.97. The van der Waals surface area contributed by atoms with Crippen LogP contribution in [0.4, 0.5) is 0 Å². The van der Waals surface area contributed by atoms with Crippen molar-refractivity contribution in [3.05, 3.63) is 58.5 Å². The summed E-state index contributed by atoms with van der Waals surface area (Å²) < 4.78 is 6.14. The van der Waals surface area contributed by atoms with Gasteiger partial charge in [-0.1, -0.05) is 28.1 Å². The number of hydrogen-bond acceptors (Lipinski definition) is 2. The summed E-state index contributed by atoms with van der Waals surface area (Å²) >= 11 is 3.48. The van der Waals surface area contributed by atoms with Gasteiger partial charge in [-0.3, -0.25) is 0 Å². The number of benzene rings is 1. The van der Waals surface area contributed by atoms with Gasteiger partial charge in [-0.2, -0.15) is 0 Å². The Hall–Kier alpha value is -1.06. The standard InChI is InChI=1S/C13H14BrNO/c1-10(12-3-2-4-13(14)7-12)15-8-11-5-6-16-9-11/h2-7,9-10,15H,8H2,1H3/t10-/m0/s1. The van der Waals surface area contributed by atoms with Crippen LogP contribution in [-0.2, 0) is 6.54 Å². The third kappa shape index (κ3) is 2.97. The molecule has 1 heterocycles. The molecule has 0 unspecified atom stereocenters. The Labute approximate surface area is 104 Å². The molecule has 0 radical (unpaired) electrons. The number of halogens is 1. The van der Waals surface area contributed by atoms with Crippen LogP contribution in [0.5, 0.6) is 0 Å². The molecule has 0 aliphatic rings. The average Bonchev–Trinajstić information content (AvgIpc) is 2.78. The molecule has 0 aliphatic carbocycles. The van der Waals surface area contributed by atoms with E-state index in [4.69, 9.17) is 4.42 Å². The van der Waals surface area contributed by atoms with Crippen LogP contribution in [0, 0.1) is 0 Å². The van der Waals surface area contributed by atoms with Crippen molar-refractivity contribution in [3.8, 4) is 0 Å². The Balaban J connectivity index is 1.95. The van der Waals surface area contributed by atoms with Crippen LogP contribution >= 0.6 is 15.9 Å². The average molecular weight is 280 g/mol. The van der Waals surface area contributed by atoms with E-state index >= 15 is 0 Å². The second kappa shape index (κ2) is 5.32. The van der Waals surface area contributed by atoms with Crippen LogP contribution in [0.3, 0.4) is 0 Å². The first-order chi connectivity index (χ1) is 7.75. The van der Waals surface area contributed by atoms with Crippen molar-refractivity contribution in [2.75, 3.05) is 0 Å². The lowest BCUT2D eigenvalue weighted by Crippen LogP contribution is -2.17. The number of nitrogens with one attached hydrogen (secondary N) is 1. The van der Waals surface area contributed by atoms with Crippen molar-refractivity contribution in [2.24, 2.45) is 0 Å². The van der Waals surface area contributed by atoms with Crippen molar-refractivity contribution < 1.29 is 4.42 Å². The van der Waals surface area contributed by atoms with Gasteiger partial charge in [-0.25, -0.2) is 0 Å². The minimum atomic E-state index is 0.326. The Morgan fingerprint density at radius 2 is 2.25 bits per heavy atom. The molecular formula is C13H14BrNO. The first-order valence-corrected chi connectivity index (χ1v) is 6.05. The second-order valence-electron chi connectivity index (χ2n) is 3.79. The van der Waals surface area contributed by atoms with E-state index in [2.05, 4.69) is 46.4 Å². The van der Waals surface area contributed by atoms with Crippen molar-refractivity contribution in [1.29, 1.82) is 0 Å². The highest BCUT2D eigenvalue weighted by Gasteiger charge is 2.05. The summed E-state index contributed by atoms with van der Waals surface area (Å²) in [6.07, 6.45) is 3.46. The molecule has 16 heavy (non-hydrogen) atoms. The van der Waals surface area contributed by atoms with Gasteiger partial charge in [0, 0.05) is 22.6 Å². The molecule has 0 fully saturated rings. The van der Waals surface area contributed by atoms with Gasteiger partial charge in [0.15, 0.2) is 0 Å². The van der Waals surface area contributed by atoms with Crippen LogP contribution in [0.15, 0.2) is 51.7 Å². The zero-order valence-electron chi connectivity index (χ0n) is 9.11. The Kier molecular flexibility index (Phi) is 3.80. The summed E-state index contributed by atoms with van der Waals surface area (Å²) in [6.45, 7) is 2.98. The van der Waals surface area contributed by atoms with Gasteiger partial charge < -0.3 is 9.73 Å². The van der Waals surface area contributed by atoms with E-state index in [1.165, 1.54) is 11.1 Å². The molecule has 1 aromatic heterocycles. The summed E-state index contributed by atoms with van der Waals surface area (Å²) in [5.41, 5.74) is 2.44. The molecule has 0 amide bonds. The van der Waals surface area contributed by atoms with Gasteiger partial charge in [-0.15, -0.1) is 0 Å².